The third kappa shape index (κ3) is 3.83. The van der Waals surface area contributed by atoms with Crippen LogP contribution >= 0.6 is 23.6 Å². The first-order valence-corrected chi connectivity index (χ1v) is 10.5. The second kappa shape index (κ2) is 8.19. The Morgan fingerprint density at radius 1 is 1.39 bits per heavy atom. The van der Waals surface area contributed by atoms with Gasteiger partial charge in [-0.05, 0) is 49.5 Å². The Morgan fingerprint density at radius 2 is 2.21 bits per heavy atom. The van der Waals surface area contributed by atoms with Gasteiger partial charge < -0.3 is 10.2 Å². The van der Waals surface area contributed by atoms with Crippen molar-refractivity contribution < 1.29 is 4.79 Å². The summed E-state index contributed by atoms with van der Waals surface area (Å²) in [6, 6.07) is 5.30. The van der Waals surface area contributed by atoms with E-state index in [1.165, 1.54) is 0 Å². The van der Waals surface area contributed by atoms with Crippen molar-refractivity contribution in [2.75, 3.05) is 18.0 Å². The molecule has 3 aromatic heterocycles. The van der Waals surface area contributed by atoms with Crippen LogP contribution in [0.3, 0.4) is 0 Å². The van der Waals surface area contributed by atoms with E-state index in [2.05, 4.69) is 30.4 Å². The number of hydrogen-bond donors (Lipinski definition) is 2. The molecular weight excluding hydrogens is 394 g/mol. The average Bonchev–Trinajstić information content (AvgIpc) is 3.38. The number of anilines is 1. The molecule has 0 bridgehead atoms. The summed E-state index contributed by atoms with van der Waals surface area (Å²) in [5, 5.41) is 12.3. The van der Waals surface area contributed by atoms with Gasteiger partial charge in [-0.1, -0.05) is 6.07 Å². The van der Waals surface area contributed by atoms with E-state index in [1.54, 1.807) is 34.4 Å². The van der Waals surface area contributed by atoms with Crippen LogP contribution in [0.1, 0.15) is 25.8 Å². The minimum Gasteiger partial charge on any atom is -0.350 e. The Kier molecular flexibility index (Phi) is 5.49. The maximum atomic E-state index is 13.0. The number of carbonyl (C=O) groups is 1. The Morgan fingerprint density at radius 3 is 2.96 bits per heavy atom. The lowest BCUT2D eigenvalue weighted by Crippen LogP contribution is -2.49. The van der Waals surface area contributed by atoms with Gasteiger partial charge in [-0.3, -0.25) is 14.5 Å². The number of thiophene rings is 1. The summed E-state index contributed by atoms with van der Waals surface area (Å²) in [5.74, 6) is 1.31. The second-order valence-electron chi connectivity index (χ2n) is 6.72. The molecule has 2 unspecified atom stereocenters. The van der Waals surface area contributed by atoms with Crippen LogP contribution in [0.25, 0.3) is 10.7 Å². The molecule has 8 nitrogen and oxygen atoms in total. The van der Waals surface area contributed by atoms with E-state index >= 15 is 0 Å². The van der Waals surface area contributed by atoms with Gasteiger partial charge in [0.05, 0.1) is 4.88 Å². The van der Waals surface area contributed by atoms with E-state index in [4.69, 9.17) is 12.2 Å². The average molecular weight is 416 g/mol. The molecule has 1 aliphatic heterocycles. The highest BCUT2D eigenvalue weighted by atomic mass is 32.1. The van der Waals surface area contributed by atoms with Gasteiger partial charge in [0.15, 0.2) is 10.6 Å². The Labute approximate surface area is 171 Å². The predicted molar refractivity (Wildman–Crippen MR) is 111 cm³/mol. The molecule has 146 valence electrons. The number of hydrogen-bond acceptors (Lipinski definition) is 7. The lowest BCUT2D eigenvalue weighted by atomic mass is 10.1. The number of carbonyl (C=O) groups excluding carboxylic acids is 1. The van der Waals surface area contributed by atoms with Crippen molar-refractivity contribution in [1.82, 2.24) is 30.0 Å². The van der Waals surface area contributed by atoms with Crippen molar-refractivity contribution >= 4 is 35.4 Å². The highest BCUT2D eigenvalue weighted by Gasteiger charge is 2.27. The first-order valence-electron chi connectivity index (χ1n) is 9.16. The molecule has 28 heavy (non-hydrogen) atoms. The van der Waals surface area contributed by atoms with Crippen LogP contribution in [0.15, 0.2) is 36.0 Å². The van der Waals surface area contributed by atoms with Crippen molar-refractivity contribution in [3.8, 4) is 10.7 Å². The summed E-state index contributed by atoms with van der Waals surface area (Å²) in [5.41, 5.74) is 0. The molecule has 4 heterocycles. The topological polar surface area (TPSA) is 91.7 Å². The molecule has 1 aliphatic rings. The number of aromatic amines is 1. The number of nitrogens with zero attached hydrogens (tertiary/aromatic N) is 5. The third-order valence-corrected chi connectivity index (χ3v) is 5.97. The fourth-order valence-corrected chi connectivity index (χ4v) is 4.41. The van der Waals surface area contributed by atoms with Crippen LogP contribution in [0.2, 0.25) is 0 Å². The zero-order chi connectivity index (χ0) is 19.5. The van der Waals surface area contributed by atoms with Gasteiger partial charge in [0.2, 0.25) is 11.9 Å². The standard InChI is InChI=1S/C18H21N7OS2/c1-12(25-15(22-23-18(25)27)14-6-3-10-28-14)16(26)21-13-5-2-9-24(11-13)17-19-7-4-8-20-17/h3-4,6-8,10,12-13H,2,5,9,11H2,1H3,(H,21,26)(H,23,27). The quantitative estimate of drug-likeness (QED) is 0.623. The molecule has 2 atom stereocenters. The number of H-pyrrole nitrogens is 1. The number of amides is 1. The molecule has 4 rings (SSSR count). The highest BCUT2D eigenvalue weighted by Crippen LogP contribution is 2.26. The zero-order valence-corrected chi connectivity index (χ0v) is 17.0. The van der Waals surface area contributed by atoms with Crippen molar-refractivity contribution in [3.05, 3.63) is 40.7 Å². The summed E-state index contributed by atoms with van der Waals surface area (Å²) >= 11 is 6.94. The molecule has 0 aromatic carbocycles. The van der Waals surface area contributed by atoms with Gasteiger partial charge in [0, 0.05) is 31.5 Å². The van der Waals surface area contributed by atoms with Gasteiger partial charge in [-0.2, -0.15) is 5.10 Å². The molecule has 0 spiro atoms. The summed E-state index contributed by atoms with van der Waals surface area (Å²) < 4.78 is 2.21. The van der Waals surface area contributed by atoms with Crippen molar-refractivity contribution in [2.24, 2.45) is 0 Å². The SMILES string of the molecule is CC(C(=O)NC1CCCN(c2ncccn2)C1)n1c(-c2cccs2)n[nH]c1=S. The maximum absolute atomic E-state index is 13.0. The summed E-state index contributed by atoms with van der Waals surface area (Å²) in [6.07, 6.45) is 5.37. The van der Waals surface area contributed by atoms with E-state index in [0.717, 1.165) is 24.3 Å². The normalized spacial score (nSPS) is 18.0. The summed E-state index contributed by atoms with van der Waals surface area (Å²) in [6.45, 7) is 3.43. The summed E-state index contributed by atoms with van der Waals surface area (Å²) in [7, 11) is 0. The molecule has 2 N–H and O–H groups in total. The van der Waals surface area contributed by atoms with Crippen LogP contribution in [0.4, 0.5) is 5.95 Å². The van der Waals surface area contributed by atoms with Gasteiger partial charge in [0.25, 0.3) is 0 Å². The molecule has 0 aliphatic carbocycles. The maximum Gasteiger partial charge on any atom is 0.243 e. The van der Waals surface area contributed by atoms with Gasteiger partial charge in [-0.15, -0.1) is 11.3 Å². The molecule has 1 amide bonds. The van der Waals surface area contributed by atoms with Gasteiger partial charge in [-0.25, -0.2) is 9.97 Å². The number of rotatable bonds is 5. The van der Waals surface area contributed by atoms with Crippen LogP contribution in [-0.2, 0) is 4.79 Å². The highest BCUT2D eigenvalue weighted by molar-refractivity contribution is 7.71. The van der Waals surface area contributed by atoms with E-state index in [9.17, 15) is 4.79 Å². The largest absolute Gasteiger partial charge is 0.350 e. The van der Waals surface area contributed by atoms with Crippen LogP contribution in [-0.4, -0.2) is 49.8 Å². The number of aromatic nitrogens is 5. The zero-order valence-electron chi connectivity index (χ0n) is 15.4. The minimum atomic E-state index is -0.466. The lowest BCUT2D eigenvalue weighted by Gasteiger charge is -2.33. The Hall–Kier alpha value is -2.59. The molecule has 10 heteroatoms. The third-order valence-electron chi connectivity index (χ3n) is 4.82. The van der Waals surface area contributed by atoms with Crippen molar-refractivity contribution in [1.29, 1.82) is 0 Å². The fraction of sp³-hybridized carbons (Fsp3) is 0.389. The molecule has 0 radical (unpaired) electrons. The molecule has 3 aromatic rings. The van der Waals surface area contributed by atoms with Crippen LogP contribution in [0.5, 0.6) is 0 Å². The number of piperidine rings is 1. The van der Waals surface area contributed by atoms with E-state index < -0.39 is 6.04 Å². The van der Waals surface area contributed by atoms with Crippen molar-refractivity contribution in [2.45, 2.75) is 31.8 Å². The molecule has 1 fully saturated rings. The summed E-state index contributed by atoms with van der Waals surface area (Å²) in [4.78, 5) is 24.7. The fourth-order valence-electron chi connectivity index (χ4n) is 3.41. The first kappa shape index (κ1) is 18.8. The van der Waals surface area contributed by atoms with Gasteiger partial charge in [0.1, 0.15) is 6.04 Å². The lowest BCUT2D eigenvalue weighted by molar-refractivity contribution is -0.124. The van der Waals surface area contributed by atoms with E-state index in [-0.39, 0.29) is 11.9 Å². The van der Waals surface area contributed by atoms with E-state index in [1.807, 2.05) is 24.4 Å². The second-order valence-corrected chi connectivity index (χ2v) is 8.05. The van der Waals surface area contributed by atoms with E-state index in [0.29, 0.717) is 23.1 Å². The number of nitrogens with one attached hydrogen (secondary N) is 2. The van der Waals surface area contributed by atoms with Gasteiger partial charge >= 0.3 is 0 Å². The van der Waals surface area contributed by atoms with Crippen LogP contribution < -0.4 is 10.2 Å². The molecule has 0 saturated carbocycles. The Balaban J connectivity index is 1.47. The monoisotopic (exact) mass is 415 g/mol. The molecule has 1 saturated heterocycles. The van der Waals surface area contributed by atoms with Crippen molar-refractivity contribution in [3.63, 3.8) is 0 Å². The smallest absolute Gasteiger partial charge is 0.243 e. The van der Waals surface area contributed by atoms with Crippen LogP contribution in [0, 0.1) is 4.77 Å². The predicted octanol–water partition coefficient (Wildman–Crippen LogP) is 2.81. The first-order chi connectivity index (χ1) is 13.6. The minimum absolute atomic E-state index is 0.0405. The molecular formula is C18H21N7OS2. The Bertz CT molecular complexity index is 983.